The van der Waals surface area contributed by atoms with E-state index in [1.807, 2.05) is 60.7 Å². The number of ether oxygens (including phenoxy) is 1. The number of hydrogen-bond donors (Lipinski definition) is 2. The van der Waals surface area contributed by atoms with Crippen LogP contribution in [0.1, 0.15) is 71.7 Å². The van der Waals surface area contributed by atoms with E-state index < -0.39 is 23.8 Å². The number of carbonyl (C=O) groups excluding carboxylic acids is 4. The molecule has 5 aliphatic rings. The number of amides is 4. The summed E-state index contributed by atoms with van der Waals surface area (Å²) in [7, 11) is 0. The zero-order valence-electron chi connectivity index (χ0n) is 34.1. The number of piperidine rings is 3. The van der Waals surface area contributed by atoms with Crippen molar-refractivity contribution in [2.75, 3.05) is 63.0 Å². The summed E-state index contributed by atoms with van der Waals surface area (Å²) in [4.78, 5) is 68.3. The monoisotopic (exact) mass is 822 g/mol. The Hall–Kier alpha value is -6.19. The molecule has 4 fully saturated rings. The molecule has 4 amide bonds. The van der Waals surface area contributed by atoms with Crippen LogP contribution in [0.25, 0.3) is 22.3 Å². The highest BCUT2D eigenvalue weighted by Gasteiger charge is 2.45. The smallest absolute Gasteiger partial charge is 0.262 e. The predicted octanol–water partition coefficient (Wildman–Crippen LogP) is 5.14. The number of nitrogens with zero attached hydrogens (tertiary/aromatic N) is 8. The Bertz CT molecular complexity index is 2480. The molecular formula is C46H50N10O5. The van der Waals surface area contributed by atoms with Gasteiger partial charge >= 0.3 is 0 Å². The van der Waals surface area contributed by atoms with Crippen LogP contribution in [0.5, 0.6) is 11.5 Å². The van der Waals surface area contributed by atoms with Gasteiger partial charge in [-0.25, -0.2) is 14.6 Å². The molecular weight excluding hydrogens is 773 g/mol. The van der Waals surface area contributed by atoms with E-state index in [0.717, 1.165) is 122 Å². The van der Waals surface area contributed by atoms with Crippen LogP contribution in [0.4, 0.5) is 11.5 Å². The largest absolute Gasteiger partial charge is 0.457 e. The molecule has 3 N–H and O–H groups in total. The summed E-state index contributed by atoms with van der Waals surface area (Å²) in [5.74, 6) is 1.32. The second kappa shape index (κ2) is 16.3. The molecule has 15 nitrogen and oxygen atoms in total. The van der Waals surface area contributed by atoms with Crippen LogP contribution in [0, 0.1) is 11.8 Å². The van der Waals surface area contributed by atoms with Crippen LogP contribution < -0.4 is 20.7 Å². The van der Waals surface area contributed by atoms with Crippen molar-refractivity contribution in [3.8, 4) is 22.8 Å². The van der Waals surface area contributed by atoms with Crippen LogP contribution in [-0.2, 0) is 9.59 Å². The molecule has 0 spiro atoms. The zero-order chi connectivity index (χ0) is 41.6. The third-order valence-corrected chi connectivity index (χ3v) is 13.3. The lowest BCUT2D eigenvalue weighted by molar-refractivity contribution is -0.136. The second-order valence-electron chi connectivity index (χ2n) is 17.2. The lowest BCUT2D eigenvalue weighted by atomic mass is 9.95. The summed E-state index contributed by atoms with van der Waals surface area (Å²) < 4.78 is 8.10. The minimum atomic E-state index is -0.959. The molecule has 0 saturated carbocycles. The maximum Gasteiger partial charge on any atom is 0.262 e. The maximum atomic E-state index is 13.4. The number of imide groups is 2. The minimum Gasteiger partial charge on any atom is -0.457 e. The van der Waals surface area contributed by atoms with E-state index in [4.69, 9.17) is 15.6 Å². The Morgan fingerprint density at radius 2 is 1.43 bits per heavy atom. The molecule has 0 radical (unpaired) electrons. The minimum absolute atomic E-state index is 0.103. The van der Waals surface area contributed by atoms with Gasteiger partial charge in [0.15, 0.2) is 5.65 Å². The van der Waals surface area contributed by atoms with Crippen molar-refractivity contribution in [2.24, 2.45) is 11.8 Å². The SMILES string of the molecule is Nc1ncnc2c1c(-c1ccc(Oc3ccccc3)cc1)nn2C1CCN(CC2CCN(CC3CCN(c4ccc5c(c4)C(=O)N(C4CCC(=O)NC4=O)C5=O)CC3)C2)CC1. The van der Waals surface area contributed by atoms with E-state index >= 15 is 0 Å². The topological polar surface area (TPSA) is 172 Å². The van der Waals surface area contributed by atoms with Crippen molar-refractivity contribution in [2.45, 2.75) is 57.0 Å². The first kappa shape index (κ1) is 39.0. The van der Waals surface area contributed by atoms with E-state index in [-0.39, 0.29) is 24.8 Å². The van der Waals surface area contributed by atoms with Crippen LogP contribution in [0.2, 0.25) is 0 Å². The van der Waals surface area contributed by atoms with E-state index in [0.29, 0.717) is 28.8 Å². The van der Waals surface area contributed by atoms with Crippen molar-refractivity contribution in [1.82, 2.24) is 39.8 Å². The predicted molar refractivity (Wildman–Crippen MR) is 229 cm³/mol. The van der Waals surface area contributed by atoms with Crippen LogP contribution >= 0.6 is 0 Å². The standard InChI is InChI=1S/C46H50N10O5/c47-42-40-41(31-6-9-35(10-7-31)61-34-4-2-1-3-5-34)51-56(43(40)49-28-48-42)32-17-20-52(21-18-32)26-30-14-19-53(27-30)25-29-15-22-54(23-16-29)33-8-11-36-37(24-33)46(60)55(45(36)59)38-12-13-39(57)50-44(38)58/h1-11,24,28-30,32,38H,12-23,25-27H2,(H2,47,48,49)(H,50,57,58). The first-order valence-corrected chi connectivity index (χ1v) is 21.6. The van der Waals surface area contributed by atoms with Gasteiger partial charge in [-0.2, -0.15) is 5.10 Å². The zero-order valence-corrected chi connectivity index (χ0v) is 34.1. The molecule has 4 saturated heterocycles. The van der Waals surface area contributed by atoms with Crippen molar-refractivity contribution in [3.63, 3.8) is 0 Å². The number of nitrogen functional groups attached to an aromatic ring is 1. The van der Waals surface area contributed by atoms with Gasteiger partial charge in [0, 0.05) is 63.5 Å². The number of likely N-dealkylation sites (tertiary alicyclic amines) is 2. The molecule has 15 heteroatoms. The molecule has 5 aromatic rings. The normalized spacial score (nSPS) is 22.0. The number of para-hydroxylation sites is 1. The average Bonchev–Trinajstić information content (AvgIpc) is 3.96. The number of carbonyl (C=O) groups is 4. The van der Waals surface area contributed by atoms with Crippen LogP contribution in [0.3, 0.4) is 0 Å². The number of rotatable bonds is 10. The molecule has 314 valence electrons. The van der Waals surface area contributed by atoms with E-state index in [1.54, 1.807) is 12.1 Å². The number of nitrogens with one attached hydrogen (secondary N) is 1. The van der Waals surface area contributed by atoms with E-state index in [2.05, 4.69) is 34.7 Å². The number of benzene rings is 3. The third kappa shape index (κ3) is 7.72. The summed E-state index contributed by atoms with van der Waals surface area (Å²) >= 11 is 0. The Balaban J connectivity index is 0.701. The van der Waals surface area contributed by atoms with Crippen molar-refractivity contribution >= 4 is 46.2 Å². The second-order valence-corrected chi connectivity index (χ2v) is 17.2. The van der Waals surface area contributed by atoms with Crippen molar-refractivity contribution in [1.29, 1.82) is 0 Å². The summed E-state index contributed by atoms with van der Waals surface area (Å²) in [6, 6.07) is 22.4. The Morgan fingerprint density at radius 1 is 0.721 bits per heavy atom. The molecule has 10 rings (SSSR count). The van der Waals surface area contributed by atoms with Crippen LogP contribution in [0.15, 0.2) is 79.1 Å². The van der Waals surface area contributed by atoms with Crippen molar-refractivity contribution < 1.29 is 23.9 Å². The summed E-state index contributed by atoms with van der Waals surface area (Å²) in [5, 5.41) is 8.18. The highest BCUT2D eigenvalue weighted by atomic mass is 16.5. The van der Waals surface area contributed by atoms with Gasteiger partial charge in [0.25, 0.3) is 11.8 Å². The molecule has 0 aliphatic carbocycles. The Labute approximate surface area is 353 Å². The van der Waals surface area contributed by atoms with Gasteiger partial charge in [-0.15, -0.1) is 0 Å². The highest BCUT2D eigenvalue weighted by molar-refractivity contribution is 6.23. The summed E-state index contributed by atoms with van der Waals surface area (Å²) in [5.41, 5.74) is 10.5. The highest BCUT2D eigenvalue weighted by Crippen LogP contribution is 2.37. The van der Waals surface area contributed by atoms with E-state index in [9.17, 15) is 19.2 Å². The Morgan fingerprint density at radius 3 is 2.20 bits per heavy atom. The van der Waals surface area contributed by atoms with Gasteiger partial charge in [-0.1, -0.05) is 18.2 Å². The Kier molecular flexibility index (Phi) is 10.4. The van der Waals surface area contributed by atoms with E-state index in [1.165, 1.54) is 12.7 Å². The van der Waals surface area contributed by atoms with Gasteiger partial charge in [-0.3, -0.25) is 29.4 Å². The van der Waals surface area contributed by atoms with Crippen molar-refractivity contribution in [3.05, 3.63) is 90.3 Å². The first-order chi connectivity index (χ1) is 29.8. The molecule has 2 aromatic heterocycles. The number of nitrogens with two attached hydrogens (primary N) is 1. The number of fused-ring (bicyclic) bond motifs is 2. The van der Waals surface area contributed by atoms with Gasteiger partial charge in [0.2, 0.25) is 11.8 Å². The molecule has 0 bridgehead atoms. The molecule has 2 unspecified atom stereocenters. The number of aromatic nitrogens is 4. The van der Waals surface area contributed by atoms with Crippen LogP contribution in [-0.4, -0.2) is 116 Å². The van der Waals surface area contributed by atoms with Gasteiger partial charge < -0.3 is 25.2 Å². The molecule has 61 heavy (non-hydrogen) atoms. The fourth-order valence-electron chi connectivity index (χ4n) is 10.1. The third-order valence-electron chi connectivity index (χ3n) is 13.3. The number of anilines is 2. The fourth-order valence-corrected chi connectivity index (χ4v) is 10.1. The fraction of sp³-hybridized carbons (Fsp3) is 0.413. The molecule has 3 aromatic carbocycles. The van der Waals surface area contributed by atoms with Gasteiger partial charge in [0.1, 0.15) is 35.4 Å². The average molecular weight is 823 g/mol. The lowest BCUT2D eigenvalue weighted by Crippen LogP contribution is -2.54. The molecule has 7 heterocycles. The van der Waals surface area contributed by atoms with Gasteiger partial charge in [-0.05, 0) is 112 Å². The number of hydrogen-bond acceptors (Lipinski definition) is 12. The summed E-state index contributed by atoms with van der Waals surface area (Å²) in [6.07, 6.45) is 7.11. The molecule has 5 aliphatic heterocycles. The maximum absolute atomic E-state index is 13.4. The molecule has 2 atom stereocenters. The van der Waals surface area contributed by atoms with Gasteiger partial charge in [0.05, 0.1) is 22.6 Å². The first-order valence-electron chi connectivity index (χ1n) is 21.6. The lowest BCUT2D eigenvalue weighted by Gasteiger charge is -2.36. The summed E-state index contributed by atoms with van der Waals surface area (Å²) in [6.45, 7) is 8.27. The quantitative estimate of drug-likeness (QED) is 0.178.